The van der Waals surface area contributed by atoms with Gasteiger partial charge >= 0.3 is 5.69 Å². The quantitative estimate of drug-likeness (QED) is 0.475. The lowest BCUT2D eigenvalue weighted by atomic mass is 10.2. The molecule has 0 unspecified atom stereocenters. The van der Waals surface area contributed by atoms with Gasteiger partial charge < -0.3 is 4.42 Å². The molecule has 0 amide bonds. The first-order valence-electron chi connectivity index (χ1n) is 10.1. The molecular formula is C23H27N3O3. The zero-order chi connectivity index (χ0) is 20.8. The molecule has 0 aliphatic heterocycles. The van der Waals surface area contributed by atoms with Gasteiger partial charge in [0.15, 0.2) is 0 Å². The predicted octanol–water partition coefficient (Wildman–Crippen LogP) is 4.28. The van der Waals surface area contributed by atoms with Crippen LogP contribution >= 0.6 is 0 Å². The number of hydrogen-bond acceptors (Lipinski definition) is 4. The summed E-state index contributed by atoms with van der Waals surface area (Å²) >= 11 is 0. The number of aryl methyl sites for hydroxylation is 2. The zero-order valence-corrected chi connectivity index (χ0v) is 17.2. The minimum atomic E-state index is -0.294. The van der Waals surface area contributed by atoms with Crippen molar-refractivity contribution in [1.82, 2.24) is 14.1 Å². The number of para-hydroxylation sites is 1. The number of nitrogens with zero attached hydrogens (tertiary/aromatic N) is 3. The molecule has 0 spiro atoms. The van der Waals surface area contributed by atoms with E-state index in [1.807, 2.05) is 30.3 Å². The van der Waals surface area contributed by atoms with Crippen molar-refractivity contribution < 1.29 is 4.42 Å². The number of benzene rings is 1. The Hall–Kier alpha value is -3.15. The molecule has 0 N–H and O–H groups in total. The van der Waals surface area contributed by atoms with Crippen LogP contribution in [0.25, 0.3) is 21.9 Å². The van der Waals surface area contributed by atoms with Gasteiger partial charge in [0, 0.05) is 37.8 Å². The number of furan rings is 1. The van der Waals surface area contributed by atoms with E-state index >= 15 is 0 Å². The Morgan fingerprint density at radius 2 is 1.83 bits per heavy atom. The number of pyridine rings is 1. The molecule has 0 atom stereocenters. The van der Waals surface area contributed by atoms with Gasteiger partial charge in [-0.25, -0.2) is 4.79 Å². The van der Waals surface area contributed by atoms with Gasteiger partial charge in [0.2, 0.25) is 0 Å². The van der Waals surface area contributed by atoms with Crippen molar-refractivity contribution in [3.05, 3.63) is 75.4 Å². The van der Waals surface area contributed by atoms with Gasteiger partial charge in [-0.2, -0.15) is 0 Å². The van der Waals surface area contributed by atoms with Gasteiger partial charge in [-0.15, -0.1) is 0 Å². The lowest BCUT2D eigenvalue weighted by Gasteiger charge is -2.10. The maximum absolute atomic E-state index is 12.6. The van der Waals surface area contributed by atoms with E-state index in [9.17, 15) is 9.59 Å². The first kappa shape index (κ1) is 20.6. The van der Waals surface area contributed by atoms with Crippen molar-refractivity contribution in [2.45, 2.75) is 46.1 Å². The minimum Gasteiger partial charge on any atom is -0.461 e. The van der Waals surface area contributed by atoms with Crippen LogP contribution in [0.3, 0.4) is 0 Å². The average Bonchev–Trinajstić information content (AvgIpc) is 3.15. The highest BCUT2D eigenvalue weighted by molar-refractivity contribution is 5.77. The Morgan fingerprint density at radius 3 is 2.59 bits per heavy atom. The molecule has 0 fully saturated rings. The van der Waals surface area contributed by atoms with Crippen LogP contribution in [0.2, 0.25) is 0 Å². The molecule has 0 saturated heterocycles. The summed E-state index contributed by atoms with van der Waals surface area (Å²) in [5.74, 6) is 0.925. The molecule has 3 heterocycles. The summed E-state index contributed by atoms with van der Waals surface area (Å²) in [6.07, 6.45) is 6.68. The topological polar surface area (TPSA) is 70.0 Å². The van der Waals surface area contributed by atoms with Crippen LogP contribution in [-0.4, -0.2) is 14.1 Å². The third-order valence-electron chi connectivity index (χ3n) is 4.68. The molecule has 4 rings (SSSR count). The minimum absolute atomic E-state index is 0.278. The molecule has 0 radical (unpaired) electrons. The summed E-state index contributed by atoms with van der Waals surface area (Å²) in [6, 6.07) is 11.6. The number of fused-ring (bicyclic) bond motifs is 2. The van der Waals surface area contributed by atoms with Crippen LogP contribution in [0.1, 0.15) is 38.9 Å². The van der Waals surface area contributed by atoms with E-state index in [4.69, 9.17) is 4.42 Å². The third kappa shape index (κ3) is 4.47. The highest BCUT2D eigenvalue weighted by Crippen LogP contribution is 2.20. The van der Waals surface area contributed by atoms with Gasteiger partial charge in [0.1, 0.15) is 11.3 Å². The first-order chi connectivity index (χ1) is 14.1. The largest absolute Gasteiger partial charge is 0.461 e. The number of hydrogen-bond donors (Lipinski definition) is 0. The Bertz CT molecular complexity index is 1180. The maximum Gasteiger partial charge on any atom is 0.331 e. The monoisotopic (exact) mass is 393 g/mol. The highest BCUT2D eigenvalue weighted by atomic mass is 16.3. The molecule has 0 aliphatic carbocycles. The molecule has 4 aromatic rings. The van der Waals surface area contributed by atoms with E-state index in [0.29, 0.717) is 17.4 Å². The van der Waals surface area contributed by atoms with E-state index in [2.05, 4.69) is 18.8 Å². The smallest absolute Gasteiger partial charge is 0.331 e. The fraction of sp³-hybridized carbons (Fsp3) is 0.348. The number of rotatable bonds is 5. The van der Waals surface area contributed by atoms with Crippen LogP contribution < -0.4 is 11.2 Å². The normalized spacial score (nSPS) is 10.9. The van der Waals surface area contributed by atoms with Gasteiger partial charge in [-0.1, -0.05) is 38.5 Å². The van der Waals surface area contributed by atoms with E-state index in [-0.39, 0.29) is 11.2 Å². The van der Waals surface area contributed by atoms with Crippen LogP contribution in [0.5, 0.6) is 0 Å². The molecule has 0 aliphatic rings. The predicted molar refractivity (Wildman–Crippen MR) is 116 cm³/mol. The van der Waals surface area contributed by atoms with Gasteiger partial charge in [0.05, 0.1) is 10.9 Å². The lowest BCUT2D eigenvalue weighted by Crippen LogP contribution is -2.39. The second-order valence-corrected chi connectivity index (χ2v) is 7.11. The molecule has 152 valence electrons. The molecule has 1 aromatic carbocycles. The van der Waals surface area contributed by atoms with E-state index in [0.717, 1.165) is 36.0 Å². The third-order valence-corrected chi connectivity index (χ3v) is 4.68. The Labute approximate surface area is 169 Å². The molecule has 6 nitrogen and oxygen atoms in total. The Kier molecular flexibility index (Phi) is 6.65. The van der Waals surface area contributed by atoms with Gasteiger partial charge in [-0.3, -0.25) is 18.9 Å². The SMILES string of the molecule is CCC.Cn1c(=O)n(CCCCc2cc3ccccc3o2)c(=O)c2cnccc21. The van der Waals surface area contributed by atoms with Gasteiger partial charge in [0.25, 0.3) is 5.56 Å². The molecular weight excluding hydrogens is 366 g/mol. The molecule has 29 heavy (non-hydrogen) atoms. The van der Waals surface area contributed by atoms with Crippen molar-refractivity contribution in [3.63, 3.8) is 0 Å². The fourth-order valence-corrected chi connectivity index (χ4v) is 3.29. The van der Waals surface area contributed by atoms with E-state index in [1.54, 1.807) is 19.3 Å². The van der Waals surface area contributed by atoms with Gasteiger partial charge in [-0.05, 0) is 31.0 Å². The van der Waals surface area contributed by atoms with Crippen molar-refractivity contribution in [2.24, 2.45) is 7.05 Å². The van der Waals surface area contributed by atoms with Crippen LogP contribution in [0.4, 0.5) is 0 Å². The zero-order valence-electron chi connectivity index (χ0n) is 17.2. The summed E-state index contributed by atoms with van der Waals surface area (Å²) in [7, 11) is 1.68. The Balaban J connectivity index is 0.000000755. The van der Waals surface area contributed by atoms with Crippen LogP contribution in [0, 0.1) is 0 Å². The summed E-state index contributed by atoms with van der Waals surface area (Å²) in [5, 5.41) is 1.56. The lowest BCUT2D eigenvalue weighted by molar-refractivity contribution is 0.507. The second kappa shape index (κ2) is 9.37. The van der Waals surface area contributed by atoms with Crippen LogP contribution in [-0.2, 0) is 20.0 Å². The second-order valence-electron chi connectivity index (χ2n) is 7.11. The summed E-state index contributed by atoms with van der Waals surface area (Å²) in [4.78, 5) is 29.0. The molecule has 0 saturated carbocycles. The Morgan fingerprint density at radius 1 is 1.07 bits per heavy atom. The summed E-state index contributed by atoms with van der Waals surface area (Å²) in [6.45, 7) is 4.64. The van der Waals surface area contributed by atoms with Crippen LogP contribution in [0.15, 0.2) is 62.8 Å². The van der Waals surface area contributed by atoms with Crippen molar-refractivity contribution in [2.75, 3.05) is 0 Å². The molecule has 0 bridgehead atoms. The summed E-state index contributed by atoms with van der Waals surface area (Å²) in [5.41, 5.74) is 0.917. The average molecular weight is 393 g/mol. The number of aromatic nitrogens is 3. The molecule has 6 heteroatoms. The van der Waals surface area contributed by atoms with E-state index < -0.39 is 0 Å². The summed E-state index contributed by atoms with van der Waals surface area (Å²) < 4.78 is 8.59. The standard InChI is InChI=1S/C20H19N3O3.C3H8/c1-22-17-9-10-21-13-16(17)19(24)23(20(22)25)11-5-4-7-15-12-14-6-2-3-8-18(14)26-15;1-3-2/h2-3,6,8-10,12-13H,4-5,7,11H2,1H3;3H2,1-2H3. The maximum atomic E-state index is 12.6. The highest BCUT2D eigenvalue weighted by Gasteiger charge is 2.10. The first-order valence-corrected chi connectivity index (χ1v) is 10.1. The van der Waals surface area contributed by atoms with E-state index in [1.165, 1.54) is 21.8 Å². The fourth-order valence-electron chi connectivity index (χ4n) is 3.29. The van der Waals surface area contributed by atoms with Crippen molar-refractivity contribution in [1.29, 1.82) is 0 Å². The number of unbranched alkanes of at least 4 members (excludes halogenated alkanes) is 1. The van der Waals surface area contributed by atoms with Crippen molar-refractivity contribution >= 4 is 21.9 Å². The molecule has 3 aromatic heterocycles. The van der Waals surface area contributed by atoms with Crippen molar-refractivity contribution in [3.8, 4) is 0 Å².